The van der Waals surface area contributed by atoms with Crippen molar-refractivity contribution >= 4 is 28.0 Å². The number of aryl methyl sites for hydroxylation is 3. The molecule has 2 aromatic carbocycles. The predicted molar refractivity (Wildman–Crippen MR) is 194 cm³/mol. The summed E-state index contributed by atoms with van der Waals surface area (Å²) in [6.07, 6.45) is 5.19. The molecule has 2 amide bonds. The van der Waals surface area contributed by atoms with Gasteiger partial charge < -0.3 is 14.5 Å². The topological polar surface area (TPSA) is 122 Å². The van der Waals surface area contributed by atoms with Crippen LogP contribution in [0.3, 0.4) is 0 Å². The van der Waals surface area contributed by atoms with Gasteiger partial charge in [0.05, 0.1) is 10.6 Å². The number of benzene rings is 2. The zero-order chi connectivity index (χ0) is 36.0. The van der Waals surface area contributed by atoms with Gasteiger partial charge in [-0.15, -0.1) is 0 Å². The lowest BCUT2D eigenvalue weighted by Crippen LogP contribution is -2.59. The van der Waals surface area contributed by atoms with Crippen LogP contribution in [0.25, 0.3) is 11.3 Å². The normalized spacial score (nSPS) is 20.7. The van der Waals surface area contributed by atoms with E-state index in [0.717, 1.165) is 54.5 Å². The van der Waals surface area contributed by atoms with Crippen LogP contribution in [-0.4, -0.2) is 71.0 Å². The third kappa shape index (κ3) is 7.67. The summed E-state index contributed by atoms with van der Waals surface area (Å²) in [6.45, 7) is 15.3. The number of piperidine rings is 1. The first-order valence-electron chi connectivity index (χ1n) is 17.9. The molecule has 3 aromatic rings. The highest BCUT2D eigenvalue weighted by Gasteiger charge is 2.51. The molecule has 2 fully saturated rings. The summed E-state index contributed by atoms with van der Waals surface area (Å²) < 4.78 is 35.8. The van der Waals surface area contributed by atoms with Crippen LogP contribution in [0.15, 0.2) is 53.4 Å². The Morgan fingerprint density at radius 3 is 2.32 bits per heavy atom. The lowest BCUT2D eigenvalue weighted by molar-refractivity contribution is -0.0520. The number of nitrogens with one attached hydrogen (secondary N) is 1. The van der Waals surface area contributed by atoms with Crippen molar-refractivity contribution in [3.05, 3.63) is 70.9 Å². The van der Waals surface area contributed by atoms with Crippen LogP contribution < -0.4 is 4.72 Å². The molecule has 1 saturated carbocycles. The number of hydrogen-bond donors (Lipinski definition) is 1. The summed E-state index contributed by atoms with van der Waals surface area (Å²) in [6, 6.07) is 14.3. The largest absolute Gasteiger partial charge is 0.444 e. The first-order valence-corrected chi connectivity index (χ1v) is 19.4. The van der Waals surface area contributed by atoms with Crippen molar-refractivity contribution in [1.29, 1.82) is 0 Å². The number of anilines is 1. The Labute approximate surface area is 297 Å². The monoisotopic (exact) mass is 701 g/mol. The van der Waals surface area contributed by atoms with Crippen LogP contribution in [0.1, 0.15) is 100 Å². The second kappa shape index (κ2) is 13.6. The Morgan fingerprint density at radius 2 is 1.68 bits per heavy atom. The highest BCUT2D eigenvalue weighted by Crippen LogP contribution is 2.52. The number of aromatic nitrogens is 2. The van der Waals surface area contributed by atoms with E-state index in [0.29, 0.717) is 43.1 Å². The van der Waals surface area contributed by atoms with E-state index in [1.54, 1.807) is 17.0 Å². The summed E-state index contributed by atoms with van der Waals surface area (Å²) in [5.74, 6) is 0.204. The Kier molecular flexibility index (Phi) is 9.76. The number of nitrogens with zero attached hydrogens (tertiary/aromatic N) is 4. The van der Waals surface area contributed by atoms with Crippen LogP contribution in [-0.2, 0) is 21.2 Å². The molecule has 268 valence electrons. The maximum absolute atomic E-state index is 14.6. The molecular weight excluding hydrogens is 651 g/mol. The van der Waals surface area contributed by atoms with Crippen molar-refractivity contribution in [3.8, 4) is 11.3 Å². The summed E-state index contributed by atoms with van der Waals surface area (Å²) in [5, 5.41) is 0. The second-order valence-corrected chi connectivity index (χ2v) is 17.7. The molecule has 2 aliphatic heterocycles. The first kappa shape index (κ1) is 35.8. The van der Waals surface area contributed by atoms with E-state index >= 15 is 0 Å². The van der Waals surface area contributed by atoms with Crippen molar-refractivity contribution < 1.29 is 22.7 Å². The molecule has 1 aromatic heterocycles. The molecule has 1 atom stereocenters. The molecule has 0 radical (unpaired) electrons. The number of hydrogen-bond acceptors (Lipinski definition) is 7. The minimum atomic E-state index is -4.10. The van der Waals surface area contributed by atoms with Gasteiger partial charge in [0.1, 0.15) is 5.60 Å². The van der Waals surface area contributed by atoms with Crippen LogP contribution in [0, 0.1) is 25.2 Å². The van der Waals surface area contributed by atoms with Gasteiger partial charge in [-0.2, -0.15) is 0 Å². The Bertz CT molecular complexity index is 1850. The van der Waals surface area contributed by atoms with Crippen molar-refractivity contribution in [3.63, 3.8) is 0 Å². The molecule has 3 heterocycles. The lowest BCUT2D eigenvalue weighted by Gasteiger charge is -2.56. The zero-order valence-corrected chi connectivity index (χ0v) is 31.3. The van der Waals surface area contributed by atoms with Crippen molar-refractivity contribution in [2.45, 2.75) is 116 Å². The molecule has 50 heavy (non-hydrogen) atoms. The number of carbonyl (C=O) groups is 2. The summed E-state index contributed by atoms with van der Waals surface area (Å²) in [5.41, 5.74) is 4.30. The number of fused-ring (bicyclic) bond motifs is 4. The predicted octanol–water partition coefficient (Wildman–Crippen LogP) is 7.54. The number of sulfonamides is 1. The minimum Gasteiger partial charge on any atom is -0.444 e. The third-order valence-corrected chi connectivity index (χ3v) is 11.8. The molecular formula is C39H51N5O5S. The fourth-order valence-corrected chi connectivity index (χ4v) is 9.03. The van der Waals surface area contributed by atoms with Gasteiger partial charge in [-0.3, -0.25) is 4.79 Å². The first-order chi connectivity index (χ1) is 23.5. The summed E-state index contributed by atoms with van der Waals surface area (Å²) >= 11 is 0. The fourth-order valence-electron chi connectivity index (χ4n) is 8.04. The molecule has 1 spiro atoms. The molecule has 10 nitrogen and oxygen atoms in total. The Hall–Kier alpha value is -3.99. The van der Waals surface area contributed by atoms with E-state index in [9.17, 15) is 18.0 Å². The van der Waals surface area contributed by atoms with E-state index in [-0.39, 0.29) is 40.3 Å². The van der Waals surface area contributed by atoms with Gasteiger partial charge >= 0.3 is 6.09 Å². The quantitative estimate of drug-likeness (QED) is 0.298. The van der Waals surface area contributed by atoms with Gasteiger partial charge in [-0.25, -0.2) is 27.9 Å². The molecule has 11 heteroatoms. The molecule has 3 aliphatic rings. The van der Waals surface area contributed by atoms with E-state index in [2.05, 4.69) is 23.5 Å². The third-order valence-electron chi connectivity index (χ3n) is 10.4. The van der Waals surface area contributed by atoms with Crippen LogP contribution in [0.2, 0.25) is 0 Å². The van der Waals surface area contributed by atoms with Crippen molar-refractivity contribution in [1.82, 2.24) is 19.8 Å². The molecule has 1 aliphatic carbocycles. The molecule has 6 rings (SSSR count). The standard InChI is InChI=1S/C39H51N5O5S/c1-25(2)20-30-15-14-29-22-33(34-26(3)10-8-11-27(34)4)41-36(40-29)42-50(47,48)32-13-9-12-28(21-32)35(45)44(30)31-23-39(24-31)16-18-43(19-17-39)37(46)49-38(5,6)7/h8-13,21-22,25,30-31H,14-20,23-24H2,1-7H3,(H,40,41,42)/t30-/m0/s1. The highest BCUT2D eigenvalue weighted by atomic mass is 32.2. The number of amides is 2. The summed E-state index contributed by atoms with van der Waals surface area (Å²) in [4.78, 5) is 40.7. The lowest BCUT2D eigenvalue weighted by atomic mass is 9.59. The van der Waals surface area contributed by atoms with Crippen LogP contribution in [0.4, 0.5) is 10.7 Å². The fraction of sp³-hybridized carbons (Fsp3) is 0.538. The highest BCUT2D eigenvalue weighted by molar-refractivity contribution is 7.92. The van der Waals surface area contributed by atoms with Crippen molar-refractivity contribution in [2.24, 2.45) is 11.3 Å². The smallest absolute Gasteiger partial charge is 0.410 e. The number of rotatable bonds is 4. The van der Waals surface area contributed by atoms with Crippen LogP contribution >= 0.6 is 0 Å². The Morgan fingerprint density at radius 1 is 1.02 bits per heavy atom. The SMILES string of the molecule is Cc1cccc(C)c1-c1cc2nc(n1)NS(=O)(=O)c1cccc(c1)C(=O)N(C1CC3(CCN(C(=O)OC(C)(C)C)CC3)C1)[C@H](CC(C)C)CC2. The second-order valence-electron chi connectivity index (χ2n) is 16.0. The number of likely N-dealkylation sites (tertiary alicyclic amines) is 1. The maximum Gasteiger partial charge on any atom is 0.410 e. The van der Waals surface area contributed by atoms with Gasteiger partial charge in [0.15, 0.2) is 0 Å². The average molecular weight is 702 g/mol. The summed E-state index contributed by atoms with van der Waals surface area (Å²) in [7, 11) is -4.10. The Balaban J connectivity index is 1.34. The van der Waals surface area contributed by atoms with Gasteiger partial charge in [0, 0.05) is 42.0 Å². The number of carbonyl (C=O) groups excluding carboxylic acids is 2. The number of ether oxygens (including phenoxy) is 1. The molecule has 1 N–H and O–H groups in total. The zero-order valence-electron chi connectivity index (χ0n) is 30.5. The van der Waals surface area contributed by atoms with Gasteiger partial charge in [0.2, 0.25) is 5.95 Å². The van der Waals surface area contributed by atoms with Crippen LogP contribution in [0.5, 0.6) is 0 Å². The van der Waals surface area contributed by atoms with Gasteiger partial charge in [-0.05, 0) is 126 Å². The van der Waals surface area contributed by atoms with E-state index < -0.39 is 15.6 Å². The van der Waals surface area contributed by atoms with E-state index in [1.165, 1.54) is 12.1 Å². The van der Waals surface area contributed by atoms with Gasteiger partial charge in [-0.1, -0.05) is 38.1 Å². The van der Waals surface area contributed by atoms with Crippen molar-refractivity contribution in [2.75, 3.05) is 17.8 Å². The average Bonchev–Trinajstić information content (AvgIpc) is 3.01. The minimum absolute atomic E-state index is 0.00832. The van der Waals surface area contributed by atoms with E-state index in [1.807, 2.05) is 58.9 Å². The molecule has 1 saturated heterocycles. The maximum atomic E-state index is 14.6. The van der Waals surface area contributed by atoms with E-state index in [4.69, 9.17) is 14.7 Å². The van der Waals surface area contributed by atoms with Gasteiger partial charge in [0.25, 0.3) is 15.9 Å². The molecule has 4 bridgehead atoms. The molecule has 0 unspecified atom stereocenters.